The minimum atomic E-state index is -0.179. The SMILES string of the molecule is ClCc1nc([C@@H]2[C@H]3C=C(c4ccc5ccncc5c4)C[C@H]32)no1.Cn1cnc2nc[nH]c(=O)c21.Cn1cnc2ncn(Cc3nc([C@@H]4[C@H]5C=C(c6ccc7ccncc7c6)C[C@H]54)no3)c(=O)c21.Cn1cnc2ncn(Cc3nc([C@H]4[C@@H]5C=C(c6ccc7ccncc7c6)C[C@@H]54)no3)c(=O)c21. The van der Waals surface area contributed by atoms with E-state index in [1.54, 1.807) is 53.8 Å². The topological polar surface area (TPSA) is 324 Å². The van der Waals surface area contributed by atoms with Crippen LogP contribution in [-0.4, -0.2) is 103 Å². The zero-order chi connectivity index (χ0) is 67.4. The maximum atomic E-state index is 12.7. The second-order valence-corrected chi connectivity index (χ2v) is 26.5. The quantitative estimate of drug-likeness (QED) is 0.118. The molecule has 3 fully saturated rings. The predicted molar refractivity (Wildman–Crippen MR) is 367 cm³/mol. The van der Waals surface area contributed by atoms with Gasteiger partial charge < -0.3 is 32.3 Å². The van der Waals surface area contributed by atoms with Crippen molar-refractivity contribution in [3.05, 3.63) is 249 Å². The van der Waals surface area contributed by atoms with Gasteiger partial charge in [-0.15, -0.1) is 11.6 Å². The first-order valence-corrected chi connectivity index (χ1v) is 33.2. The molecule has 1 N–H and O–H groups in total. The van der Waals surface area contributed by atoms with E-state index in [4.69, 9.17) is 25.2 Å². The third-order valence-corrected chi connectivity index (χ3v) is 20.5. The molecule has 6 aliphatic carbocycles. The highest BCUT2D eigenvalue weighted by molar-refractivity contribution is 6.16. The van der Waals surface area contributed by atoms with Crippen LogP contribution in [0.15, 0.2) is 194 Å². The van der Waals surface area contributed by atoms with Crippen molar-refractivity contribution >= 4 is 94.1 Å². The zero-order valence-corrected chi connectivity index (χ0v) is 54.6. The number of pyridine rings is 3. The number of halogens is 1. The van der Waals surface area contributed by atoms with Crippen molar-refractivity contribution in [2.45, 2.75) is 56.0 Å². The fraction of sp³-hybridized carbons (Fsp3) is 0.250. The average Bonchev–Trinajstić information content (AvgIpc) is 1.57. The molecule has 0 amide bonds. The highest BCUT2D eigenvalue weighted by Gasteiger charge is 2.57. The fourth-order valence-electron chi connectivity index (χ4n) is 15.0. The van der Waals surface area contributed by atoms with E-state index in [2.05, 4.69) is 153 Å². The molecule has 12 heterocycles. The lowest BCUT2D eigenvalue weighted by atomic mass is 9.98. The number of fused-ring (bicyclic) bond motifs is 9. The molecular weight excluding hydrogens is 1290 g/mol. The molecule has 12 aromatic heterocycles. The van der Waals surface area contributed by atoms with E-state index < -0.39 is 0 Å². The number of aryl methyl sites for hydroxylation is 3. The van der Waals surface area contributed by atoms with Gasteiger partial charge in [-0.2, -0.15) is 15.0 Å². The lowest BCUT2D eigenvalue weighted by molar-refractivity contribution is 0.363. The maximum Gasteiger partial charge on any atom is 0.280 e. The van der Waals surface area contributed by atoms with E-state index in [0.29, 0.717) is 92.6 Å². The molecule has 0 unspecified atom stereocenters. The van der Waals surface area contributed by atoms with Crippen LogP contribution in [-0.2, 0) is 40.1 Å². The Bertz CT molecular complexity index is 5800. The Hall–Kier alpha value is -12.1. The first-order chi connectivity index (χ1) is 48.9. The Morgan fingerprint density at radius 1 is 0.450 bits per heavy atom. The Kier molecular flexibility index (Phi) is 14.6. The van der Waals surface area contributed by atoms with Crippen LogP contribution in [0, 0.1) is 35.5 Å². The molecule has 0 spiro atoms. The summed E-state index contributed by atoms with van der Waals surface area (Å²) < 4.78 is 24.0. The van der Waals surface area contributed by atoms with E-state index in [1.807, 2.05) is 55.4 Å². The summed E-state index contributed by atoms with van der Waals surface area (Å²) in [6.45, 7) is 0.377. The molecule has 27 nitrogen and oxygen atoms in total. The molecule has 6 aliphatic rings. The summed E-state index contributed by atoms with van der Waals surface area (Å²) in [4.78, 5) is 89.8. The van der Waals surface area contributed by atoms with Crippen LogP contribution in [0.1, 0.15) is 88.9 Å². The summed E-state index contributed by atoms with van der Waals surface area (Å²) in [7, 11) is 5.30. The third-order valence-electron chi connectivity index (χ3n) is 20.3. The van der Waals surface area contributed by atoms with Crippen LogP contribution in [0.2, 0.25) is 0 Å². The van der Waals surface area contributed by atoms with Crippen LogP contribution in [0.5, 0.6) is 0 Å². The smallest absolute Gasteiger partial charge is 0.280 e. The van der Waals surface area contributed by atoms with Gasteiger partial charge in [-0.05, 0) is 141 Å². The summed E-state index contributed by atoms with van der Waals surface area (Å²) in [5, 5.41) is 19.6. The predicted octanol–water partition coefficient (Wildman–Crippen LogP) is 9.68. The number of alkyl halides is 1. The van der Waals surface area contributed by atoms with Gasteiger partial charge in [0, 0.05) is 92.2 Å². The second-order valence-electron chi connectivity index (χ2n) is 26.2. The summed E-state index contributed by atoms with van der Waals surface area (Å²) >= 11 is 5.72. The van der Waals surface area contributed by atoms with E-state index in [-0.39, 0.29) is 47.5 Å². The van der Waals surface area contributed by atoms with Gasteiger partial charge in [0.25, 0.3) is 16.7 Å². The summed E-state index contributed by atoms with van der Waals surface area (Å²) in [6.07, 6.45) is 30.4. The number of aromatic nitrogens is 21. The highest BCUT2D eigenvalue weighted by atomic mass is 35.5. The minimum Gasteiger partial charge on any atom is -0.338 e. The average molecular weight is 1350 g/mol. The lowest BCUT2D eigenvalue weighted by Crippen LogP contribution is -2.22. The maximum absolute atomic E-state index is 12.7. The summed E-state index contributed by atoms with van der Waals surface area (Å²) in [5.41, 5.74) is 10.2. The Morgan fingerprint density at radius 2 is 0.820 bits per heavy atom. The molecule has 9 atom stereocenters. The molecule has 21 rings (SSSR count). The van der Waals surface area contributed by atoms with Crippen molar-refractivity contribution in [3.63, 3.8) is 0 Å². The summed E-state index contributed by atoms with van der Waals surface area (Å²) in [5.74, 6) is 7.86. The highest BCUT2D eigenvalue weighted by Crippen LogP contribution is 2.65. The van der Waals surface area contributed by atoms with Crippen LogP contribution in [0.4, 0.5) is 0 Å². The number of allylic oxidation sites excluding steroid dienone is 6. The zero-order valence-electron chi connectivity index (χ0n) is 53.8. The monoisotopic (exact) mass is 1350 g/mol. The number of nitrogens with one attached hydrogen (secondary N) is 1. The molecule has 0 saturated heterocycles. The van der Waals surface area contributed by atoms with Crippen molar-refractivity contribution in [2.75, 3.05) is 0 Å². The molecule has 0 aliphatic heterocycles. The molecule has 3 saturated carbocycles. The minimum absolute atomic E-state index is 0.157. The van der Waals surface area contributed by atoms with Gasteiger partial charge in [-0.3, -0.25) is 38.5 Å². The molecule has 100 heavy (non-hydrogen) atoms. The van der Waals surface area contributed by atoms with Gasteiger partial charge in [-0.1, -0.05) is 70.1 Å². The molecule has 28 heteroatoms. The number of hydrogen-bond donors (Lipinski definition) is 1. The molecule has 15 aromatic rings. The first kappa shape index (κ1) is 60.3. The number of H-pyrrole nitrogens is 1. The third kappa shape index (κ3) is 10.9. The van der Waals surface area contributed by atoms with Gasteiger partial charge in [-0.25, -0.2) is 29.9 Å². The summed E-state index contributed by atoms with van der Waals surface area (Å²) in [6, 6.07) is 25.8. The van der Waals surface area contributed by atoms with Crippen molar-refractivity contribution in [2.24, 2.45) is 56.7 Å². The molecule has 494 valence electrons. The number of aromatic amines is 1. The normalized spacial score (nSPS) is 21.2. The Balaban J connectivity index is 0.000000102. The Labute approximate surface area is 569 Å². The Morgan fingerprint density at radius 3 is 1.19 bits per heavy atom. The van der Waals surface area contributed by atoms with Crippen LogP contribution in [0.25, 0.3) is 82.5 Å². The standard InChI is InChI=1S/2C24H19N7O2.C18H14ClN3O.C6H6N4O/c2*1-30-11-26-23-21(30)24(32)31(12-27-23)10-19-28-22(29-33-19)20-17-7-15(8-18(17)20)14-3-2-13-4-5-25-9-16(13)6-14;19-8-16-21-18(22-23-16)17-14-6-12(7-15(14)17)11-2-1-10-3-4-20-9-13(10)5-11;1-10-3-9-5-4(10)6(11)8-2-7-5/h2*2-7,9,11-12,17-18,20H,8,10H2,1H3;1-6,9,14-15,17H,7-8H2;2-3H,1H3,(H,7,8,11)/t2*17-,18+,20+;14-,15+,17+;/m100./s1. The van der Waals surface area contributed by atoms with Crippen LogP contribution in [0.3, 0.4) is 0 Å². The van der Waals surface area contributed by atoms with Gasteiger partial charge in [0.1, 0.15) is 31.6 Å². The van der Waals surface area contributed by atoms with E-state index in [9.17, 15) is 14.4 Å². The number of rotatable bonds is 11. The molecular formula is C72H58ClN21O6. The molecule has 3 aromatic carbocycles. The van der Waals surface area contributed by atoms with Crippen molar-refractivity contribution in [1.29, 1.82) is 0 Å². The largest absolute Gasteiger partial charge is 0.338 e. The number of hydrogen-bond acceptors (Lipinski definition) is 21. The van der Waals surface area contributed by atoms with Gasteiger partial charge in [0.2, 0.25) is 17.7 Å². The fourth-order valence-corrected chi connectivity index (χ4v) is 15.1. The lowest BCUT2D eigenvalue weighted by Gasteiger charge is -2.07. The number of nitrogens with zero attached hydrogens (tertiary/aromatic N) is 20. The first-order valence-electron chi connectivity index (χ1n) is 32.7. The molecule has 0 bridgehead atoms. The van der Waals surface area contributed by atoms with E-state index in [1.165, 1.54) is 83.1 Å². The molecule has 0 radical (unpaired) electrons. The van der Waals surface area contributed by atoms with E-state index >= 15 is 0 Å². The van der Waals surface area contributed by atoms with Crippen molar-refractivity contribution in [1.82, 2.24) is 103 Å². The van der Waals surface area contributed by atoms with Crippen molar-refractivity contribution < 1.29 is 13.6 Å². The van der Waals surface area contributed by atoms with Gasteiger partial charge >= 0.3 is 0 Å². The van der Waals surface area contributed by atoms with E-state index in [0.717, 1.165) is 47.5 Å². The van der Waals surface area contributed by atoms with Crippen molar-refractivity contribution in [3.8, 4) is 0 Å². The number of benzene rings is 3. The number of imidazole rings is 3. The van der Waals surface area contributed by atoms with Crippen LogP contribution >= 0.6 is 11.6 Å². The second kappa shape index (κ2) is 24.1. The van der Waals surface area contributed by atoms with Crippen LogP contribution < -0.4 is 16.7 Å². The van der Waals surface area contributed by atoms with Gasteiger partial charge in [0.05, 0.1) is 25.3 Å². The van der Waals surface area contributed by atoms with Gasteiger partial charge in [0.15, 0.2) is 51.0 Å².